The van der Waals surface area contributed by atoms with Crippen molar-refractivity contribution in [1.82, 2.24) is 10.2 Å². The first-order chi connectivity index (χ1) is 8.02. The lowest BCUT2D eigenvalue weighted by Crippen LogP contribution is -2.41. The number of rotatable bonds is 7. The first-order valence-electron chi connectivity index (χ1n) is 6.20. The lowest BCUT2D eigenvalue weighted by atomic mass is 10.2. The third-order valence-electron chi connectivity index (χ3n) is 2.85. The van der Waals surface area contributed by atoms with Gasteiger partial charge in [-0.1, -0.05) is 0 Å². The van der Waals surface area contributed by atoms with Crippen molar-refractivity contribution >= 4 is 27.3 Å². The molecule has 0 aliphatic heterocycles. The van der Waals surface area contributed by atoms with E-state index < -0.39 is 0 Å². The van der Waals surface area contributed by atoms with Crippen molar-refractivity contribution in [1.29, 1.82) is 0 Å². The van der Waals surface area contributed by atoms with Gasteiger partial charge in [-0.25, -0.2) is 0 Å². The summed E-state index contributed by atoms with van der Waals surface area (Å²) in [6, 6.07) is 3.34. The van der Waals surface area contributed by atoms with Gasteiger partial charge < -0.3 is 5.32 Å². The van der Waals surface area contributed by atoms with Crippen LogP contribution < -0.4 is 5.32 Å². The molecule has 0 radical (unpaired) electrons. The number of thiophene rings is 1. The van der Waals surface area contributed by atoms with Gasteiger partial charge in [0.05, 0.1) is 0 Å². The highest BCUT2D eigenvalue weighted by Crippen LogP contribution is 2.21. The number of hydrogen-bond donors (Lipinski definition) is 1. The van der Waals surface area contributed by atoms with Crippen molar-refractivity contribution in [2.45, 2.75) is 46.3 Å². The quantitative estimate of drug-likeness (QED) is 0.771. The standard InChI is InChI=1S/C13H23BrN2S/c1-10(2)16(11(3)4)7-6-15-9-13-12(14)5-8-17-13/h5,8,10-11,15H,6-7,9H2,1-4H3. The number of hydrogen-bond acceptors (Lipinski definition) is 3. The molecule has 0 amide bonds. The zero-order valence-corrected chi connectivity index (χ0v) is 13.6. The molecule has 0 atom stereocenters. The van der Waals surface area contributed by atoms with Crippen LogP contribution in [-0.4, -0.2) is 30.1 Å². The smallest absolute Gasteiger partial charge is 0.0327 e. The molecule has 0 aliphatic rings. The van der Waals surface area contributed by atoms with Crippen LogP contribution in [0.4, 0.5) is 0 Å². The average Bonchev–Trinajstić information content (AvgIpc) is 2.63. The maximum absolute atomic E-state index is 3.55. The summed E-state index contributed by atoms with van der Waals surface area (Å²) in [7, 11) is 0. The van der Waals surface area contributed by atoms with Crippen LogP contribution >= 0.6 is 27.3 Å². The minimum absolute atomic E-state index is 0.616. The van der Waals surface area contributed by atoms with E-state index in [0.29, 0.717) is 12.1 Å². The molecule has 98 valence electrons. The van der Waals surface area contributed by atoms with E-state index in [4.69, 9.17) is 0 Å². The van der Waals surface area contributed by atoms with Crippen LogP contribution in [0.25, 0.3) is 0 Å². The molecule has 17 heavy (non-hydrogen) atoms. The Bertz CT molecular complexity index is 315. The normalized spacial score (nSPS) is 12.0. The highest BCUT2D eigenvalue weighted by atomic mass is 79.9. The molecular formula is C13H23BrN2S. The molecule has 0 bridgehead atoms. The molecule has 0 aromatic carbocycles. The molecule has 1 heterocycles. The van der Waals surface area contributed by atoms with Gasteiger partial charge in [0.1, 0.15) is 0 Å². The van der Waals surface area contributed by atoms with E-state index in [0.717, 1.165) is 19.6 Å². The first-order valence-corrected chi connectivity index (χ1v) is 7.88. The van der Waals surface area contributed by atoms with Crippen molar-refractivity contribution in [3.05, 3.63) is 20.8 Å². The van der Waals surface area contributed by atoms with Gasteiger partial charge in [-0.15, -0.1) is 11.3 Å². The predicted octanol–water partition coefficient (Wildman–Crippen LogP) is 3.72. The van der Waals surface area contributed by atoms with Crippen LogP contribution in [0.3, 0.4) is 0 Å². The van der Waals surface area contributed by atoms with Crippen LogP contribution in [0.5, 0.6) is 0 Å². The van der Waals surface area contributed by atoms with Crippen molar-refractivity contribution in [2.24, 2.45) is 0 Å². The fraction of sp³-hybridized carbons (Fsp3) is 0.692. The Morgan fingerprint density at radius 2 is 1.94 bits per heavy atom. The van der Waals surface area contributed by atoms with Gasteiger partial charge in [-0.05, 0) is 55.1 Å². The van der Waals surface area contributed by atoms with Crippen molar-refractivity contribution in [3.63, 3.8) is 0 Å². The molecule has 1 rings (SSSR count). The van der Waals surface area contributed by atoms with Gasteiger partial charge in [0.15, 0.2) is 0 Å². The van der Waals surface area contributed by atoms with E-state index in [1.807, 2.05) is 0 Å². The van der Waals surface area contributed by atoms with Gasteiger partial charge in [0.2, 0.25) is 0 Å². The lowest BCUT2D eigenvalue weighted by Gasteiger charge is -2.30. The Balaban J connectivity index is 2.25. The van der Waals surface area contributed by atoms with Gasteiger partial charge in [0, 0.05) is 41.1 Å². The second-order valence-electron chi connectivity index (χ2n) is 4.79. The molecule has 0 saturated heterocycles. The predicted molar refractivity (Wildman–Crippen MR) is 80.7 cm³/mol. The molecular weight excluding hydrogens is 296 g/mol. The zero-order chi connectivity index (χ0) is 12.8. The van der Waals surface area contributed by atoms with E-state index in [2.05, 4.69) is 65.3 Å². The number of nitrogens with one attached hydrogen (secondary N) is 1. The summed E-state index contributed by atoms with van der Waals surface area (Å²) in [6.07, 6.45) is 0. The lowest BCUT2D eigenvalue weighted by molar-refractivity contribution is 0.176. The molecule has 1 aromatic rings. The van der Waals surface area contributed by atoms with Gasteiger partial charge >= 0.3 is 0 Å². The fourth-order valence-corrected chi connectivity index (χ4v) is 3.44. The van der Waals surface area contributed by atoms with E-state index in [1.165, 1.54) is 9.35 Å². The molecule has 1 N–H and O–H groups in total. The maximum Gasteiger partial charge on any atom is 0.0327 e. The SMILES string of the molecule is CC(C)N(CCNCc1sccc1Br)C(C)C. The Labute approximate surface area is 118 Å². The highest BCUT2D eigenvalue weighted by Gasteiger charge is 2.12. The van der Waals surface area contributed by atoms with Crippen molar-refractivity contribution < 1.29 is 0 Å². The second-order valence-corrected chi connectivity index (χ2v) is 6.65. The van der Waals surface area contributed by atoms with Crippen LogP contribution in [0.1, 0.15) is 32.6 Å². The van der Waals surface area contributed by atoms with E-state index >= 15 is 0 Å². The van der Waals surface area contributed by atoms with Crippen molar-refractivity contribution in [3.8, 4) is 0 Å². The first kappa shape index (κ1) is 15.2. The largest absolute Gasteiger partial charge is 0.311 e. The van der Waals surface area contributed by atoms with E-state index in [1.54, 1.807) is 11.3 Å². The van der Waals surface area contributed by atoms with E-state index in [-0.39, 0.29) is 0 Å². The maximum atomic E-state index is 3.55. The van der Waals surface area contributed by atoms with Crippen LogP contribution in [0.15, 0.2) is 15.9 Å². The highest BCUT2D eigenvalue weighted by molar-refractivity contribution is 9.10. The second kappa shape index (κ2) is 7.52. The molecule has 0 fully saturated rings. The Kier molecular flexibility index (Phi) is 6.70. The third-order valence-corrected chi connectivity index (χ3v) is 4.78. The van der Waals surface area contributed by atoms with Gasteiger partial charge in [-0.2, -0.15) is 0 Å². The monoisotopic (exact) mass is 318 g/mol. The fourth-order valence-electron chi connectivity index (χ4n) is 1.97. The molecule has 0 aliphatic carbocycles. The van der Waals surface area contributed by atoms with Crippen LogP contribution in [-0.2, 0) is 6.54 Å². The molecule has 0 saturated carbocycles. The molecule has 1 aromatic heterocycles. The Morgan fingerprint density at radius 3 is 2.41 bits per heavy atom. The van der Waals surface area contributed by atoms with Gasteiger partial charge in [-0.3, -0.25) is 4.90 Å². The summed E-state index contributed by atoms with van der Waals surface area (Å²) in [4.78, 5) is 3.89. The summed E-state index contributed by atoms with van der Waals surface area (Å²) in [5, 5.41) is 5.63. The van der Waals surface area contributed by atoms with Gasteiger partial charge in [0.25, 0.3) is 0 Å². The minimum Gasteiger partial charge on any atom is -0.311 e. The molecule has 0 unspecified atom stereocenters. The summed E-state index contributed by atoms with van der Waals surface area (Å²) >= 11 is 5.35. The van der Waals surface area contributed by atoms with Crippen LogP contribution in [0.2, 0.25) is 0 Å². The third kappa shape index (κ3) is 5.08. The topological polar surface area (TPSA) is 15.3 Å². The number of halogens is 1. The average molecular weight is 319 g/mol. The number of nitrogens with zero attached hydrogens (tertiary/aromatic N) is 1. The van der Waals surface area contributed by atoms with Crippen LogP contribution in [0, 0.1) is 0 Å². The van der Waals surface area contributed by atoms with E-state index in [9.17, 15) is 0 Å². The molecule has 0 spiro atoms. The molecule has 2 nitrogen and oxygen atoms in total. The summed E-state index contributed by atoms with van der Waals surface area (Å²) in [6.45, 7) is 12.2. The summed E-state index contributed by atoms with van der Waals surface area (Å²) in [5.74, 6) is 0. The molecule has 4 heteroatoms. The Morgan fingerprint density at radius 1 is 1.29 bits per heavy atom. The minimum atomic E-state index is 0.616. The van der Waals surface area contributed by atoms with Crippen molar-refractivity contribution in [2.75, 3.05) is 13.1 Å². The summed E-state index contributed by atoms with van der Waals surface area (Å²) in [5.41, 5.74) is 0. The zero-order valence-electron chi connectivity index (χ0n) is 11.2. The Hall–Kier alpha value is 0.100. The summed E-state index contributed by atoms with van der Waals surface area (Å²) < 4.78 is 1.22.